The summed E-state index contributed by atoms with van der Waals surface area (Å²) in [4.78, 5) is 20.6. The highest BCUT2D eigenvalue weighted by molar-refractivity contribution is 5.75. The minimum atomic E-state index is -0.656. The maximum absolute atomic E-state index is 11.1. The van der Waals surface area contributed by atoms with Crippen LogP contribution in [-0.4, -0.2) is 16.1 Å². The number of nitrogens with zero attached hydrogens (tertiary/aromatic N) is 3. The number of non-ortho nitro benzene ring substituents is 1. The van der Waals surface area contributed by atoms with Crippen LogP contribution in [0.2, 0.25) is 0 Å². The van der Waals surface area contributed by atoms with E-state index in [-0.39, 0.29) is 17.1 Å². The number of nitrogens with one attached hydrogen (secondary N) is 1. The van der Waals surface area contributed by atoms with Gasteiger partial charge in [-0.15, -0.1) is 0 Å². The van der Waals surface area contributed by atoms with E-state index in [0.29, 0.717) is 11.8 Å². The fourth-order valence-electron chi connectivity index (χ4n) is 5.11. The maximum Gasteiger partial charge on any atom is 0.301 e. The van der Waals surface area contributed by atoms with Gasteiger partial charge in [0.2, 0.25) is 0 Å². The lowest BCUT2D eigenvalue weighted by molar-refractivity contribution is -0.393. The zero-order valence-electron chi connectivity index (χ0n) is 14.2. The molecule has 4 aliphatic carbocycles. The number of benzene rings is 1. The van der Waals surface area contributed by atoms with Gasteiger partial charge in [0.05, 0.1) is 15.9 Å². The Kier molecular flexibility index (Phi) is 4.18. The monoisotopic (exact) mass is 356 g/mol. The second-order valence-electron chi connectivity index (χ2n) is 7.58. The van der Waals surface area contributed by atoms with Crippen LogP contribution in [0.25, 0.3) is 0 Å². The summed E-state index contributed by atoms with van der Waals surface area (Å²) in [6, 6.07) is 3.47. The first-order chi connectivity index (χ1) is 12.5. The minimum Gasteiger partial charge on any atom is -0.272 e. The number of nitro groups is 2. The van der Waals surface area contributed by atoms with E-state index < -0.39 is 9.85 Å². The molecule has 4 aliphatic rings. The van der Waals surface area contributed by atoms with Crippen molar-refractivity contribution in [3.05, 3.63) is 50.1 Å². The third-order valence-corrected chi connectivity index (χ3v) is 6.00. The van der Waals surface area contributed by atoms with E-state index in [9.17, 15) is 20.2 Å². The van der Waals surface area contributed by atoms with Gasteiger partial charge in [0.25, 0.3) is 5.69 Å². The van der Waals surface area contributed by atoms with Gasteiger partial charge in [-0.05, 0) is 67.9 Å². The molecule has 0 heterocycles. The van der Waals surface area contributed by atoms with Crippen LogP contribution >= 0.6 is 0 Å². The minimum absolute atomic E-state index is 0.139. The van der Waals surface area contributed by atoms with Gasteiger partial charge >= 0.3 is 5.69 Å². The number of nitro benzene ring substituents is 2. The third-order valence-electron chi connectivity index (χ3n) is 6.00. The van der Waals surface area contributed by atoms with Gasteiger partial charge in [0.1, 0.15) is 5.69 Å². The molecule has 0 amide bonds. The lowest BCUT2D eigenvalue weighted by atomic mass is 9.54. The molecule has 0 aromatic heterocycles. The summed E-state index contributed by atoms with van der Waals surface area (Å²) in [5.41, 5.74) is 3.58. The van der Waals surface area contributed by atoms with Crippen LogP contribution in [-0.2, 0) is 0 Å². The second-order valence-corrected chi connectivity index (χ2v) is 7.58. The van der Waals surface area contributed by atoms with Crippen molar-refractivity contribution >= 4 is 23.3 Å². The highest BCUT2D eigenvalue weighted by Crippen LogP contribution is 2.56. The Hall–Kier alpha value is -2.77. The third kappa shape index (κ3) is 3.07. The summed E-state index contributed by atoms with van der Waals surface area (Å²) in [5.74, 6) is 3.14. The Morgan fingerprint density at radius 1 is 1.00 bits per heavy atom. The van der Waals surface area contributed by atoms with Crippen LogP contribution in [0.4, 0.5) is 17.1 Å². The zero-order chi connectivity index (χ0) is 18.3. The number of allylic oxidation sites excluding steroid dienone is 2. The van der Waals surface area contributed by atoms with Crippen molar-refractivity contribution in [2.24, 2.45) is 28.8 Å². The molecule has 8 heteroatoms. The molecule has 5 rings (SSSR count). The molecule has 136 valence electrons. The van der Waals surface area contributed by atoms with E-state index >= 15 is 0 Å². The second kappa shape index (κ2) is 6.51. The largest absolute Gasteiger partial charge is 0.301 e. The smallest absolute Gasteiger partial charge is 0.272 e. The first-order valence-corrected chi connectivity index (χ1v) is 8.93. The predicted octanol–water partition coefficient (Wildman–Crippen LogP) is 4.28. The molecule has 8 nitrogen and oxygen atoms in total. The molecule has 1 aromatic carbocycles. The molecule has 26 heavy (non-hydrogen) atoms. The number of hydrogen-bond donors (Lipinski definition) is 1. The molecule has 0 saturated heterocycles. The molecule has 0 radical (unpaired) electrons. The summed E-state index contributed by atoms with van der Waals surface area (Å²) in [6.45, 7) is 0. The maximum atomic E-state index is 11.1. The van der Waals surface area contributed by atoms with Crippen LogP contribution in [0.15, 0.2) is 34.9 Å². The number of anilines is 1. The standard InChI is InChI=1S/C18H20N4O4/c23-21(24)15-1-2-17(18(10-15)22(25)26)20-19-4-3-16-13-6-11-5-12(8-13)9-14(16)7-11/h1-4,10-14,20H,5-9H2. The molecular formula is C18H20N4O4. The summed E-state index contributed by atoms with van der Waals surface area (Å²) in [5, 5.41) is 26.0. The Labute approximate surface area is 150 Å². The molecule has 1 aromatic rings. The van der Waals surface area contributed by atoms with E-state index in [1.807, 2.05) is 0 Å². The molecule has 0 spiro atoms. The van der Waals surface area contributed by atoms with Gasteiger partial charge in [-0.2, -0.15) is 5.10 Å². The number of hydrazone groups is 1. The van der Waals surface area contributed by atoms with Crippen molar-refractivity contribution in [3.63, 3.8) is 0 Å². The van der Waals surface area contributed by atoms with E-state index in [0.717, 1.165) is 17.9 Å². The van der Waals surface area contributed by atoms with E-state index in [1.54, 1.807) is 6.21 Å². The molecule has 4 saturated carbocycles. The topological polar surface area (TPSA) is 111 Å². The highest BCUT2D eigenvalue weighted by Gasteiger charge is 2.44. The predicted molar refractivity (Wildman–Crippen MR) is 97.0 cm³/mol. The van der Waals surface area contributed by atoms with Crippen LogP contribution in [0.5, 0.6) is 0 Å². The van der Waals surface area contributed by atoms with E-state index in [4.69, 9.17) is 0 Å². The van der Waals surface area contributed by atoms with Crippen LogP contribution in [0, 0.1) is 43.9 Å². The van der Waals surface area contributed by atoms with Gasteiger partial charge < -0.3 is 0 Å². The summed E-state index contributed by atoms with van der Waals surface area (Å²) >= 11 is 0. The first-order valence-electron chi connectivity index (χ1n) is 8.93. The quantitative estimate of drug-likeness (QED) is 0.481. The average molecular weight is 356 g/mol. The fourth-order valence-corrected chi connectivity index (χ4v) is 5.11. The normalized spacial score (nSPS) is 29.2. The van der Waals surface area contributed by atoms with Crippen molar-refractivity contribution in [2.75, 3.05) is 5.43 Å². The summed E-state index contributed by atoms with van der Waals surface area (Å²) in [7, 11) is 0. The van der Waals surface area contributed by atoms with Gasteiger partial charge in [0.15, 0.2) is 0 Å². The van der Waals surface area contributed by atoms with Crippen molar-refractivity contribution in [1.82, 2.24) is 0 Å². The Morgan fingerprint density at radius 3 is 2.23 bits per heavy atom. The number of rotatable bonds is 5. The molecular weight excluding hydrogens is 336 g/mol. The van der Waals surface area contributed by atoms with Crippen molar-refractivity contribution < 1.29 is 9.85 Å². The molecule has 0 aliphatic heterocycles. The van der Waals surface area contributed by atoms with Gasteiger partial charge in [0, 0.05) is 12.3 Å². The van der Waals surface area contributed by atoms with E-state index in [1.165, 1.54) is 49.8 Å². The Balaban J connectivity index is 1.47. The number of hydrogen-bond acceptors (Lipinski definition) is 6. The Bertz CT molecular complexity index is 787. The molecule has 4 bridgehead atoms. The Morgan fingerprint density at radius 2 is 1.65 bits per heavy atom. The zero-order valence-corrected chi connectivity index (χ0v) is 14.2. The molecule has 0 unspecified atom stereocenters. The summed E-state index contributed by atoms with van der Waals surface area (Å²) in [6.07, 6.45) is 10.3. The molecule has 4 fully saturated rings. The van der Waals surface area contributed by atoms with Crippen molar-refractivity contribution in [2.45, 2.75) is 32.1 Å². The highest BCUT2D eigenvalue weighted by atomic mass is 16.6. The lowest BCUT2D eigenvalue weighted by Gasteiger charge is -2.51. The molecule has 1 N–H and O–H groups in total. The van der Waals surface area contributed by atoms with Gasteiger partial charge in [-0.1, -0.05) is 5.57 Å². The van der Waals surface area contributed by atoms with Crippen LogP contribution in [0.3, 0.4) is 0 Å². The van der Waals surface area contributed by atoms with Crippen LogP contribution < -0.4 is 5.43 Å². The van der Waals surface area contributed by atoms with Crippen molar-refractivity contribution in [3.8, 4) is 0 Å². The first kappa shape index (κ1) is 16.7. The van der Waals surface area contributed by atoms with Crippen molar-refractivity contribution in [1.29, 1.82) is 0 Å². The van der Waals surface area contributed by atoms with Gasteiger partial charge in [-0.3, -0.25) is 25.7 Å². The molecule has 0 atom stereocenters. The average Bonchev–Trinajstić information content (AvgIpc) is 2.59. The van der Waals surface area contributed by atoms with Gasteiger partial charge in [-0.25, -0.2) is 0 Å². The van der Waals surface area contributed by atoms with Crippen LogP contribution in [0.1, 0.15) is 32.1 Å². The summed E-state index contributed by atoms with van der Waals surface area (Å²) < 4.78 is 0. The SMILES string of the molecule is O=[N+]([O-])c1ccc(NN=CC=C2C3CC4CC(C3)CC2C4)c([N+](=O)[O-])c1. The fraction of sp³-hybridized carbons (Fsp3) is 0.500. The van der Waals surface area contributed by atoms with E-state index in [2.05, 4.69) is 16.6 Å². The lowest BCUT2D eigenvalue weighted by Crippen LogP contribution is -2.40.